The summed E-state index contributed by atoms with van der Waals surface area (Å²) in [5.74, 6) is 2.69. The first-order valence-electron chi connectivity index (χ1n) is 14.0. The van der Waals surface area contributed by atoms with Crippen molar-refractivity contribution in [2.24, 2.45) is 10.8 Å². The summed E-state index contributed by atoms with van der Waals surface area (Å²) in [5.41, 5.74) is 7.64. The molecule has 0 heterocycles. The Morgan fingerprint density at radius 3 is 1.82 bits per heavy atom. The van der Waals surface area contributed by atoms with Crippen LogP contribution >= 0.6 is 0 Å². The van der Waals surface area contributed by atoms with Crippen molar-refractivity contribution in [3.05, 3.63) is 76.4 Å². The van der Waals surface area contributed by atoms with Gasteiger partial charge in [-0.15, -0.1) is 6.42 Å². The lowest BCUT2D eigenvalue weighted by Crippen LogP contribution is -2.31. The Kier molecular flexibility index (Phi) is 11.9. The van der Waals surface area contributed by atoms with Gasteiger partial charge in [-0.25, -0.2) is 0 Å². The minimum atomic E-state index is -0.903. The summed E-state index contributed by atoms with van der Waals surface area (Å²) in [4.78, 5) is 0. The van der Waals surface area contributed by atoms with Crippen molar-refractivity contribution in [3.63, 3.8) is 0 Å². The van der Waals surface area contributed by atoms with Crippen LogP contribution in [0.25, 0.3) is 5.57 Å². The van der Waals surface area contributed by atoms with E-state index >= 15 is 0 Å². The van der Waals surface area contributed by atoms with Crippen molar-refractivity contribution in [1.29, 1.82) is 0 Å². The fourth-order valence-electron chi connectivity index (χ4n) is 4.84. The van der Waals surface area contributed by atoms with E-state index in [4.69, 9.17) is 15.3 Å². The predicted molar refractivity (Wildman–Crippen MR) is 169 cm³/mol. The van der Waals surface area contributed by atoms with Crippen LogP contribution in [0.5, 0.6) is 0 Å². The van der Waals surface area contributed by atoms with E-state index < -0.39 is 18.1 Å². The second-order valence-electron chi connectivity index (χ2n) is 12.9. The third-order valence-electron chi connectivity index (χ3n) is 6.63. The van der Waals surface area contributed by atoms with Gasteiger partial charge in [0.05, 0.1) is 12.2 Å². The highest BCUT2D eigenvalue weighted by atomic mass is 28.3. The van der Waals surface area contributed by atoms with Gasteiger partial charge >= 0.3 is 0 Å². The van der Waals surface area contributed by atoms with Gasteiger partial charge in [0.1, 0.15) is 0 Å². The average Bonchev–Trinajstić information content (AvgIpc) is 2.81. The molecule has 2 atom stereocenters. The molecule has 206 valence electrons. The molecule has 0 saturated heterocycles. The second-order valence-corrected chi connectivity index (χ2v) is 17.0. The molecular formula is C34H50O2Si2. The highest BCUT2D eigenvalue weighted by Gasteiger charge is 2.36. The molecule has 2 aromatic rings. The zero-order valence-electron chi connectivity index (χ0n) is 25.8. The van der Waals surface area contributed by atoms with Gasteiger partial charge in [0.25, 0.3) is 0 Å². The molecule has 0 amide bonds. The van der Waals surface area contributed by atoms with Crippen molar-refractivity contribution in [2.75, 3.05) is 0 Å². The Hall–Kier alpha value is -1.91. The molecule has 2 rings (SSSR count). The molecule has 38 heavy (non-hydrogen) atoms. The summed E-state index contributed by atoms with van der Waals surface area (Å²) in [7, 11) is -1.79. The summed E-state index contributed by atoms with van der Waals surface area (Å²) in [6, 6.07) is 15.9. The standard InChI is InChI=1S/C34H50O2Si2/c1-13-16-27(14-2)28-18-15-17-25(23-28)19-20-26-21-22-29(31(33(3,4)5)35-37(9)10)30(24-26)32(34(6,7)8)36-38(11)12/h1,15-18,21-24,31-32H,14,19-20H2,2-12H3/b27-16+. The number of hydrogen-bond donors (Lipinski definition) is 0. The van der Waals surface area contributed by atoms with E-state index in [1.807, 2.05) is 6.08 Å². The number of terminal acetylenes is 1. The summed E-state index contributed by atoms with van der Waals surface area (Å²) >= 11 is 0. The maximum atomic E-state index is 6.74. The molecule has 2 unspecified atom stereocenters. The number of rotatable bonds is 11. The number of benzene rings is 2. The first kappa shape index (κ1) is 32.3. The van der Waals surface area contributed by atoms with Crippen LogP contribution in [0, 0.1) is 23.2 Å². The van der Waals surface area contributed by atoms with Crippen LogP contribution < -0.4 is 0 Å². The van der Waals surface area contributed by atoms with Crippen LogP contribution in [0.2, 0.25) is 26.2 Å². The molecule has 0 saturated carbocycles. The molecular weight excluding hydrogens is 497 g/mol. The van der Waals surface area contributed by atoms with E-state index in [-0.39, 0.29) is 23.0 Å². The lowest BCUT2D eigenvalue weighted by Gasteiger charge is -2.39. The van der Waals surface area contributed by atoms with E-state index in [2.05, 4.69) is 123 Å². The van der Waals surface area contributed by atoms with E-state index in [1.54, 1.807) is 0 Å². The maximum Gasteiger partial charge on any atom is 0.205 e. The van der Waals surface area contributed by atoms with Crippen LogP contribution in [0.1, 0.15) is 94.9 Å². The van der Waals surface area contributed by atoms with Crippen molar-refractivity contribution < 1.29 is 8.85 Å². The van der Waals surface area contributed by atoms with Gasteiger partial charge < -0.3 is 8.85 Å². The molecule has 0 aliphatic carbocycles. The van der Waals surface area contributed by atoms with E-state index in [9.17, 15) is 0 Å². The number of allylic oxidation sites excluding steroid dienone is 2. The molecule has 0 aromatic heterocycles. The molecule has 2 radical (unpaired) electrons. The minimum absolute atomic E-state index is 0.0171. The van der Waals surface area contributed by atoms with Gasteiger partial charge in [0.15, 0.2) is 0 Å². The van der Waals surface area contributed by atoms with Crippen LogP contribution in [0.3, 0.4) is 0 Å². The second kappa shape index (κ2) is 13.9. The highest BCUT2D eigenvalue weighted by molar-refractivity contribution is 6.48. The van der Waals surface area contributed by atoms with Gasteiger partial charge in [-0.3, -0.25) is 0 Å². The molecule has 0 spiro atoms. The summed E-state index contributed by atoms with van der Waals surface area (Å²) in [5, 5.41) is 0. The van der Waals surface area contributed by atoms with Gasteiger partial charge in [0, 0.05) is 0 Å². The quantitative estimate of drug-likeness (QED) is 0.206. The molecule has 2 aromatic carbocycles. The maximum absolute atomic E-state index is 6.74. The lowest BCUT2D eigenvalue weighted by atomic mass is 9.77. The first-order valence-corrected chi connectivity index (χ1v) is 18.8. The van der Waals surface area contributed by atoms with E-state index in [1.165, 1.54) is 33.4 Å². The lowest BCUT2D eigenvalue weighted by molar-refractivity contribution is 0.0655. The molecule has 0 aliphatic rings. The molecule has 0 fully saturated rings. The van der Waals surface area contributed by atoms with E-state index in [0.29, 0.717) is 0 Å². The van der Waals surface area contributed by atoms with Crippen LogP contribution in [-0.4, -0.2) is 18.1 Å². The van der Waals surface area contributed by atoms with Crippen molar-refractivity contribution in [3.8, 4) is 12.3 Å². The summed E-state index contributed by atoms with van der Waals surface area (Å²) in [6.07, 6.45) is 10.4. The van der Waals surface area contributed by atoms with E-state index in [0.717, 1.165) is 19.3 Å². The van der Waals surface area contributed by atoms with Gasteiger partial charge in [-0.2, -0.15) is 0 Å². The Labute approximate surface area is 237 Å². The van der Waals surface area contributed by atoms with Crippen molar-refractivity contribution in [2.45, 2.75) is 106 Å². The molecule has 4 heteroatoms. The molecule has 0 aliphatic heterocycles. The zero-order valence-corrected chi connectivity index (χ0v) is 27.8. The van der Waals surface area contributed by atoms with Gasteiger partial charge in [-0.05, 0) is 95.7 Å². The fraction of sp³-hybridized carbons (Fsp3) is 0.529. The fourth-order valence-corrected chi connectivity index (χ4v) is 6.74. The van der Waals surface area contributed by atoms with Gasteiger partial charge in [0.2, 0.25) is 18.1 Å². The highest BCUT2D eigenvalue weighted by Crippen LogP contribution is 2.45. The Bertz CT molecular complexity index is 1110. The Morgan fingerprint density at radius 1 is 0.816 bits per heavy atom. The predicted octanol–water partition coefficient (Wildman–Crippen LogP) is 9.61. The van der Waals surface area contributed by atoms with Crippen LogP contribution in [0.15, 0.2) is 48.5 Å². The summed E-state index contributed by atoms with van der Waals surface area (Å²) < 4.78 is 13.4. The SMILES string of the molecule is C#C/C=C(\CC)c1cccc(CCc2ccc(C(O[Si](C)C)C(C)(C)C)c(C(O[Si](C)C)C(C)(C)C)c2)c1. The van der Waals surface area contributed by atoms with Crippen LogP contribution in [0.4, 0.5) is 0 Å². The van der Waals surface area contributed by atoms with Crippen LogP contribution in [-0.2, 0) is 21.7 Å². The molecule has 0 N–H and O–H groups in total. The Morgan fingerprint density at radius 2 is 1.34 bits per heavy atom. The first-order chi connectivity index (χ1) is 17.7. The monoisotopic (exact) mass is 546 g/mol. The zero-order chi connectivity index (χ0) is 28.7. The normalized spacial score (nSPS) is 14.6. The Balaban J connectivity index is 2.53. The number of aryl methyl sites for hydroxylation is 2. The van der Waals surface area contributed by atoms with Crippen molar-refractivity contribution >= 4 is 23.7 Å². The smallest absolute Gasteiger partial charge is 0.205 e. The molecule has 2 nitrogen and oxygen atoms in total. The largest absolute Gasteiger partial charge is 0.410 e. The molecule has 0 bridgehead atoms. The van der Waals surface area contributed by atoms with Gasteiger partial charge in [-0.1, -0.05) is 96.9 Å². The topological polar surface area (TPSA) is 18.5 Å². The minimum Gasteiger partial charge on any atom is -0.410 e. The summed E-state index contributed by atoms with van der Waals surface area (Å²) in [6.45, 7) is 24.8. The third-order valence-corrected chi connectivity index (χ3v) is 8.05. The number of hydrogen-bond acceptors (Lipinski definition) is 2. The van der Waals surface area contributed by atoms with Crippen molar-refractivity contribution in [1.82, 2.24) is 0 Å². The third kappa shape index (κ3) is 9.38. The average molecular weight is 547 g/mol.